The zero-order valence-corrected chi connectivity index (χ0v) is 12.4. The van der Waals surface area contributed by atoms with E-state index in [0.717, 1.165) is 0 Å². The Balaban J connectivity index is 2.34. The lowest BCUT2D eigenvalue weighted by atomic mass is 10.2. The van der Waals surface area contributed by atoms with Crippen molar-refractivity contribution in [1.82, 2.24) is 20.1 Å². The largest absolute Gasteiger partial charge is 0.351 e. The van der Waals surface area contributed by atoms with Gasteiger partial charge in [-0.2, -0.15) is 5.10 Å². The number of amides is 3. The van der Waals surface area contributed by atoms with Gasteiger partial charge < -0.3 is 5.73 Å². The Bertz CT molecular complexity index is 714. The van der Waals surface area contributed by atoms with E-state index in [1.165, 1.54) is 4.68 Å². The number of hydrogen-bond donors (Lipinski definition) is 2. The van der Waals surface area contributed by atoms with Crippen molar-refractivity contribution in [1.29, 1.82) is 0 Å². The Labute approximate surface area is 130 Å². The minimum absolute atomic E-state index is 0.195. The molecule has 0 unspecified atom stereocenters. The second-order valence-corrected chi connectivity index (χ2v) is 5.00. The Morgan fingerprint density at radius 1 is 1.33 bits per heavy atom. The van der Waals surface area contributed by atoms with E-state index in [-0.39, 0.29) is 6.54 Å². The Morgan fingerprint density at radius 3 is 2.67 bits per heavy atom. The molecule has 1 heterocycles. The molecule has 0 aliphatic rings. The molecule has 1 aromatic heterocycles. The predicted molar refractivity (Wildman–Crippen MR) is 77.9 cm³/mol. The highest BCUT2D eigenvalue weighted by Crippen LogP contribution is 2.27. The first-order valence-electron chi connectivity index (χ1n) is 5.83. The first-order chi connectivity index (χ1) is 9.86. The van der Waals surface area contributed by atoms with Crippen LogP contribution in [-0.4, -0.2) is 26.7 Å². The number of urea groups is 1. The van der Waals surface area contributed by atoms with Crippen LogP contribution in [0.4, 0.5) is 4.79 Å². The molecule has 9 heteroatoms. The molecule has 7 nitrogen and oxygen atoms in total. The van der Waals surface area contributed by atoms with Gasteiger partial charge >= 0.3 is 6.03 Å². The minimum atomic E-state index is -0.923. The fourth-order valence-corrected chi connectivity index (χ4v) is 2.03. The third-order valence-corrected chi connectivity index (χ3v) is 3.25. The first kappa shape index (κ1) is 15.3. The Hall–Kier alpha value is -2.12. The number of nitrogens with zero attached hydrogens (tertiary/aromatic N) is 3. The number of rotatable bonds is 3. The second-order valence-electron chi connectivity index (χ2n) is 4.18. The van der Waals surface area contributed by atoms with E-state index < -0.39 is 11.9 Å². The van der Waals surface area contributed by atoms with Crippen LogP contribution in [0.3, 0.4) is 0 Å². The number of nitrogens with one attached hydrogen (secondary N) is 1. The number of carbonyl (C=O) groups excluding carboxylic acids is 2. The van der Waals surface area contributed by atoms with Gasteiger partial charge in [0.2, 0.25) is 5.91 Å². The van der Waals surface area contributed by atoms with Crippen molar-refractivity contribution in [2.24, 2.45) is 5.73 Å². The number of carbonyl (C=O) groups is 2. The molecule has 0 bridgehead atoms. The van der Waals surface area contributed by atoms with E-state index in [1.807, 2.05) is 5.32 Å². The monoisotopic (exact) mass is 327 g/mol. The van der Waals surface area contributed by atoms with Crippen LogP contribution in [0.5, 0.6) is 0 Å². The summed E-state index contributed by atoms with van der Waals surface area (Å²) < 4.78 is 1.35. The van der Waals surface area contributed by atoms with E-state index in [9.17, 15) is 9.59 Å². The number of imide groups is 1. The van der Waals surface area contributed by atoms with E-state index in [0.29, 0.717) is 27.3 Å². The van der Waals surface area contributed by atoms with Crippen LogP contribution < -0.4 is 11.1 Å². The zero-order valence-electron chi connectivity index (χ0n) is 10.9. The summed E-state index contributed by atoms with van der Waals surface area (Å²) in [6, 6.07) is 4.03. The lowest BCUT2D eigenvalue weighted by Gasteiger charge is -2.06. The molecule has 2 rings (SSSR count). The first-order valence-corrected chi connectivity index (χ1v) is 6.58. The number of halogens is 2. The molecule has 3 amide bonds. The van der Waals surface area contributed by atoms with Gasteiger partial charge in [0.25, 0.3) is 0 Å². The van der Waals surface area contributed by atoms with Crippen molar-refractivity contribution in [3.63, 3.8) is 0 Å². The number of nitrogens with two attached hydrogens (primary N) is 1. The minimum Gasteiger partial charge on any atom is -0.351 e. The molecule has 0 fully saturated rings. The highest BCUT2D eigenvalue weighted by molar-refractivity contribution is 6.42. The number of aryl methyl sites for hydroxylation is 1. The molecule has 0 spiro atoms. The normalized spacial score (nSPS) is 10.4. The molecule has 0 aliphatic carbocycles. The SMILES string of the molecule is Cc1nc(-c2ccc(Cl)c(Cl)c2)n(CC(=O)NC(N)=O)n1. The highest BCUT2D eigenvalue weighted by Gasteiger charge is 2.14. The standard InChI is InChI=1S/C12H11Cl2N5O2/c1-6-16-11(7-2-3-8(13)9(14)4-7)19(18-6)5-10(20)17-12(15)21/h2-4H,5H2,1H3,(H3,15,17,20,21). The molecule has 0 radical (unpaired) electrons. The fraction of sp³-hybridized carbons (Fsp3) is 0.167. The van der Waals surface area contributed by atoms with Crippen molar-refractivity contribution in [3.8, 4) is 11.4 Å². The van der Waals surface area contributed by atoms with Gasteiger partial charge in [-0.3, -0.25) is 10.1 Å². The summed E-state index contributed by atoms with van der Waals surface area (Å²) in [5.41, 5.74) is 5.54. The number of benzene rings is 1. The van der Waals surface area contributed by atoms with Crippen LogP contribution in [0.2, 0.25) is 10.0 Å². The third-order valence-electron chi connectivity index (χ3n) is 2.51. The quantitative estimate of drug-likeness (QED) is 0.896. The van der Waals surface area contributed by atoms with Crippen LogP contribution in [0.25, 0.3) is 11.4 Å². The van der Waals surface area contributed by atoms with Gasteiger partial charge in [0, 0.05) is 5.56 Å². The summed E-state index contributed by atoms with van der Waals surface area (Å²) in [6.45, 7) is 1.49. The van der Waals surface area contributed by atoms with Gasteiger partial charge in [-0.25, -0.2) is 14.5 Å². The van der Waals surface area contributed by atoms with Gasteiger partial charge in [0.15, 0.2) is 5.82 Å². The van der Waals surface area contributed by atoms with Crippen molar-refractivity contribution in [2.75, 3.05) is 0 Å². The van der Waals surface area contributed by atoms with Crippen LogP contribution in [0.1, 0.15) is 5.82 Å². The Morgan fingerprint density at radius 2 is 2.05 bits per heavy atom. The summed E-state index contributed by atoms with van der Waals surface area (Å²) in [5.74, 6) is 0.322. The van der Waals surface area contributed by atoms with Crippen LogP contribution >= 0.6 is 23.2 Å². The van der Waals surface area contributed by atoms with Crippen LogP contribution in [-0.2, 0) is 11.3 Å². The molecule has 3 N–H and O–H groups in total. The van der Waals surface area contributed by atoms with Crippen molar-refractivity contribution in [3.05, 3.63) is 34.1 Å². The van der Waals surface area contributed by atoms with E-state index in [1.54, 1.807) is 25.1 Å². The molecule has 21 heavy (non-hydrogen) atoms. The second kappa shape index (κ2) is 6.11. The maximum absolute atomic E-state index is 11.6. The average molecular weight is 328 g/mol. The van der Waals surface area contributed by atoms with E-state index >= 15 is 0 Å². The lowest BCUT2D eigenvalue weighted by Crippen LogP contribution is -2.37. The molecule has 0 atom stereocenters. The topological polar surface area (TPSA) is 103 Å². The maximum Gasteiger partial charge on any atom is 0.318 e. The van der Waals surface area contributed by atoms with Crippen LogP contribution in [0.15, 0.2) is 18.2 Å². The summed E-state index contributed by atoms with van der Waals surface area (Å²) >= 11 is 11.8. The van der Waals surface area contributed by atoms with Crippen molar-refractivity contribution < 1.29 is 9.59 Å². The van der Waals surface area contributed by atoms with Crippen molar-refractivity contribution >= 4 is 35.1 Å². The lowest BCUT2D eigenvalue weighted by molar-refractivity contribution is -0.120. The molecular formula is C12H11Cl2N5O2. The van der Waals surface area contributed by atoms with Gasteiger partial charge in [-0.05, 0) is 25.1 Å². The average Bonchev–Trinajstić information content (AvgIpc) is 2.72. The summed E-state index contributed by atoms with van der Waals surface area (Å²) in [4.78, 5) is 26.5. The van der Waals surface area contributed by atoms with Gasteiger partial charge in [0.05, 0.1) is 10.0 Å². The predicted octanol–water partition coefficient (Wildman–Crippen LogP) is 1.76. The third kappa shape index (κ3) is 3.71. The molecule has 110 valence electrons. The van der Waals surface area contributed by atoms with Gasteiger partial charge in [-0.1, -0.05) is 23.2 Å². The molecule has 0 saturated heterocycles. The number of aromatic nitrogens is 3. The fourth-order valence-electron chi connectivity index (χ4n) is 1.73. The summed E-state index contributed by atoms with van der Waals surface area (Å²) in [6.07, 6.45) is 0. The maximum atomic E-state index is 11.6. The van der Waals surface area contributed by atoms with Gasteiger partial charge in [-0.15, -0.1) is 0 Å². The molecule has 0 saturated carbocycles. The molecule has 0 aliphatic heterocycles. The highest BCUT2D eigenvalue weighted by atomic mass is 35.5. The smallest absolute Gasteiger partial charge is 0.318 e. The summed E-state index contributed by atoms with van der Waals surface area (Å²) in [5, 5.41) is 6.84. The number of primary amides is 1. The number of hydrogen-bond acceptors (Lipinski definition) is 4. The summed E-state index contributed by atoms with van der Waals surface area (Å²) in [7, 11) is 0. The zero-order chi connectivity index (χ0) is 15.6. The van der Waals surface area contributed by atoms with Crippen LogP contribution in [0, 0.1) is 6.92 Å². The van der Waals surface area contributed by atoms with Gasteiger partial charge in [0.1, 0.15) is 12.4 Å². The molecule has 2 aromatic rings. The Kier molecular flexibility index (Phi) is 4.44. The van der Waals surface area contributed by atoms with Crippen molar-refractivity contribution in [2.45, 2.75) is 13.5 Å². The van der Waals surface area contributed by atoms with E-state index in [2.05, 4.69) is 10.1 Å². The molecular weight excluding hydrogens is 317 g/mol. The molecule has 1 aromatic carbocycles. The van der Waals surface area contributed by atoms with E-state index in [4.69, 9.17) is 28.9 Å².